The van der Waals surface area contributed by atoms with Crippen molar-refractivity contribution in [3.05, 3.63) is 29.3 Å². The van der Waals surface area contributed by atoms with Crippen LogP contribution in [-0.2, 0) is 14.8 Å². The Labute approximate surface area is 125 Å². The molecule has 0 heterocycles. The highest BCUT2D eigenvalue weighted by molar-refractivity contribution is 7.89. The van der Waals surface area contributed by atoms with Crippen molar-refractivity contribution in [2.75, 3.05) is 13.7 Å². The van der Waals surface area contributed by atoms with Gasteiger partial charge < -0.3 is 10.1 Å². The number of ether oxygens (including phenoxy) is 1. The van der Waals surface area contributed by atoms with Crippen LogP contribution >= 0.6 is 0 Å². The third-order valence-corrected chi connectivity index (χ3v) is 4.02. The van der Waals surface area contributed by atoms with Crippen LogP contribution in [-0.4, -0.2) is 34.1 Å². The number of hydrogen-bond donors (Lipinski definition) is 2. The summed E-state index contributed by atoms with van der Waals surface area (Å²) in [7, 11) is -2.18. The molecule has 21 heavy (non-hydrogen) atoms. The standard InChI is InChI=1S/C14H22N2O4S/c1-4-5-11(9-20-3)16-14(17)13-7-6-12(8-10(13)2)21(15,18)19/h6-8,11H,4-5,9H2,1-3H3,(H,16,17)(H2,15,18,19). The second-order valence-corrected chi connectivity index (χ2v) is 6.50. The summed E-state index contributed by atoms with van der Waals surface area (Å²) in [6.07, 6.45) is 1.74. The number of primary sulfonamides is 1. The Bertz CT molecular complexity index is 593. The first-order chi connectivity index (χ1) is 9.79. The summed E-state index contributed by atoms with van der Waals surface area (Å²) in [4.78, 5) is 12.2. The normalized spacial score (nSPS) is 13.0. The summed E-state index contributed by atoms with van der Waals surface area (Å²) in [6.45, 7) is 4.14. The van der Waals surface area contributed by atoms with Crippen LogP contribution in [0.3, 0.4) is 0 Å². The monoisotopic (exact) mass is 314 g/mol. The van der Waals surface area contributed by atoms with Crippen molar-refractivity contribution in [3.63, 3.8) is 0 Å². The lowest BCUT2D eigenvalue weighted by atomic mass is 10.1. The van der Waals surface area contributed by atoms with Crippen molar-refractivity contribution in [2.45, 2.75) is 37.6 Å². The molecule has 3 N–H and O–H groups in total. The summed E-state index contributed by atoms with van der Waals surface area (Å²) >= 11 is 0. The molecular formula is C14H22N2O4S. The second kappa shape index (κ2) is 7.53. The number of carbonyl (C=O) groups excluding carboxylic acids is 1. The zero-order valence-corrected chi connectivity index (χ0v) is 13.4. The van der Waals surface area contributed by atoms with Gasteiger partial charge in [-0.2, -0.15) is 0 Å². The Morgan fingerprint density at radius 2 is 2.10 bits per heavy atom. The van der Waals surface area contributed by atoms with Gasteiger partial charge >= 0.3 is 0 Å². The van der Waals surface area contributed by atoms with Gasteiger partial charge in [0.2, 0.25) is 10.0 Å². The molecule has 0 fully saturated rings. The van der Waals surface area contributed by atoms with Crippen molar-refractivity contribution in [1.29, 1.82) is 0 Å². The number of amides is 1. The molecule has 1 aromatic carbocycles. The lowest BCUT2D eigenvalue weighted by Crippen LogP contribution is -2.38. The van der Waals surface area contributed by atoms with Crippen molar-refractivity contribution < 1.29 is 17.9 Å². The van der Waals surface area contributed by atoms with Gasteiger partial charge in [0, 0.05) is 12.7 Å². The number of methoxy groups -OCH3 is 1. The number of nitrogens with two attached hydrogens (primary N) is 1. The van der Waals surface area contributed by atoms with Gasteiger partial charge in [0.05, 0.1) is 17.5 Å². The fourth-order valence-corrected chi connectivity index (χ4v) is 2.68. The molecule has 1 aromatic rings. The number of hydrogen-bond acceptors (Lipinski definition) is 4. The third kappa shape index (κ3) is 5.11. The predicted octanol–water partition coefficient (Wildman–Crippen LogP) is 1.19. The van der Waals surface area contributed by atoms with Crippen LogP contribution in [0.25, 0.3) is 0 Å². The van der Waals surface area contributed by atoms with E-state index in [0.717, 1.165) is 12.8 Å². The minimum absolute atomic E-state index is 0.00134. The number of carbonyl (C=O) groups is 1. The number of benzene rings is 1. The molecule has 0 aliphatic heterocycles. The molecule has 1 rings (SSSR count). The van der Waals surface area contributed by atoms with E-state index in [0.29, 0.717) is 17.7 Å². The summed E-state index contributed by atoms with van der Waals surface area (Å²) in [6, 6.07) is 4.14. The molecule has 1 unspecified atom stereocenters. The zero-order valence-electron chi connectivity index (χ0n) is 12.5. The maximum atomic E-state index is 12.2. The molecule has 0 spiro atoms. The van der Waals surface area contributed by atoms with Crippen LogP contribution in [0.4, 0.5) is 0 Å². The molecule has 0 aromatic heterocycles. The topological polar surface area (TPSA) is 98.5 Å². The first-order valence-electron chi connectivity index (χ1n) is 6.72. The van der Waals surface area contributed by atoms with Gasteiger partial charge in [-0.25, -0.2) is 13.6 Å². The molecule has 6 nitrogen and oxygen atoms in total. The summed E-state index contributed by atoms with van der Waals surface area (Å²) in [5, 5.41) is 7.96. The van der Waals surface area contributed by atoms with Gasteiger partial charge in [0.1, 0.15) is 0 Å². The van der Waals surface area contributed by atoms with Gasteiger partial charge in [-0.05, 0) is 37.1 Å². The highest BCUT2D eigenvalue weighted by Gasteiger charge is 2.16. The van der Waals surface area contributed by atoms with Crippen LogP contribution < -0.4 is 10.5 Å². The van der Waals surface area contributed by atoms with Gasteiger partial charge in [0.15, 0.2) is 0 Å². The van der Waals surface area contributed by atoms with E-state index in [1.165, 1.54) is 18.2 Å². The fourth-order valence-electron chi connectivity index (χ4n) is 2.08. The Balaban J connectivity index is 2.92. The molecule has 0 bridgehead atoms. The van der Waals surface area contributed by atoms with Crippen LogP contribution in [0, 0.1) is 6.92 Å². The summed E-state index contributed by atoms with van der Waals surface area (Å²) in [5.41, 5.74) is 0.992. The Hall–Kier alpha value is -1.44. The van der Waals surface area contributed by atoms with Crippen molar-refractivity contribution in [3.8, 4) is 0 Å². The van der Waals surface area contributed by atoms with E-state index >= 15 is 0 Å². The summed E-state index contributed by atoms with van der Waals surface area (Å²) in [5.74, 6) is -0.246. The first kappa shape index (κ1) is 17.6. The molecule has 118 valence electrons. The molecule has 7 heteroatoms. The molecular weight excluding hydrogens is 292 g/mol. The molecule has 1 atom stereocenters. The Morgan fingerprint density at radius 1 is 1.43 bits per heavy atom. The number of sulfonamides is 1. The number of nitrogens with one attached hydrogen (secondary N) is 1. The fraction of sp³-hybridized carbons (Fsp3) is 0.500. The van der Waals surface area contributed by atoms with E-state index in [9.17, 15) is 13.2 Å². The maximum absolute atomic E-state index is 12.2. The average molecular weight is 314 g/mol. The van der Waals surface area contributed by atoms with E-state index in [-0.39, 0.29) is 16.8 Å². The summed E-state index contributed by atoms with van der Waals surface area (Å²) < 4.78 is 27.6. The molecule has 0 aliphatic carbocycles. The van der Waals surface area contributed by atoms with Crippen molar-refractivity contribution >= 4 is 15.9 Å². The maximum Gasteiger partial charge on any atom is 0.251 e. The van der Waals surface area contributed by atoms with Gasteiger partial charge in [-0.3, -0.25) is 4.79 Å². The van der Waals surface area contributed by atoms with Crippen LogP contribution in [0.5, 0.6) is 0 Å². The molecule has 0 saturated heterocycles. The molecule has 0 aliphatic rings. The van der Waals surface area contributed by atoms with Gasteiger partial charge in [-0.15, -0.1) is 0 Å². The second-order valence-electron chi connectivity index (χ2n) is 4.94. The third-order valence-electron chi connectivity index (χ3n) is 3.11. The van der Waals surface area contributed by atoms with E-state index in [1.807, 2.05) is 6.92 Å². The highest BCUT2D eigenvalue weighted by Crippen LogP contribution is 2.15. The Kier molecular flexibility index (Phi) is 6.32. The minimum Gasteiger partial charge on any atom is -0.383 e. The molecule has 0 saturated carbocycles. The van der Waals surface area contributed by atoms with Gasteiger partial charge in [0.25, 0.3) is 5.91 Å². The van der Waals surface area contributed by atoms with Crippen LogP contribution in [0.2, 0.25) is 0 Å². The lowest BCUT2D eigenvalue weighted by Gasteiger charge is -2.18. The zero-order chi connectivity index (χ0) is 16.0. The average Bonchev–Trinajstić information content (AvgIpc) is 2.37. The van der Waals surface area contributed by atoms with Crippen LogP contribution in [0.15, 0.2) is 23.1 Å². The number of aryl methyl sites for hydroxylation is 1. The number of rotatable bonds is 7. The SMILES string of the molecule is CCCC(COC)NC(=O)c1ccc(S(N)(=O)=O)cc1C. The highest BCUT2D eigenvalue weighted by atomic mass is 32.2. The molecule has 0 radical (unpaired) electrons. The lowest BCUT2D eigenvalue weighted by molar-refractivity contribution is 0.0891. The Morgan fingerprint density at radius 3 is 2.57 bits per heavy atom. The van der Waals surface area contributed by atoms with E-state index in [2.05, 4.69) is 5.32 Å². The largest absolute Gasteiger partial charge is 0.383 e. The van der Waals surface area contributed by atoms with Crippen LogP contribution in [0.1, 0.15) is 35.7 Å². The minimum atomic E-state index is -3.76. The van der Waals surface area contributed by atoms with E-state index in [1.54, 1.807) is 14.0 Å². The van der Waals surface area contributed by atoms with Crippen molar-refractivity contribution in [2.24, 2.45) is 5.14 Å². The van der Waals surface area contributed by atoms with E-state index in [4.69, 9.17) is 9.88 Å². The quantitative estimate of drug-likeness (QED) is 0.789. The van der Waals surface area contributed by atoms with Gasteiger partial charge in [-0.1, -0.05) is 13.3 Å². The predicted molar refractivity (Wildman–Crippen MR) is 80.6 cm³/mol. The molecule has 1 amide bonds. The smallest absolute Gasteiger partial charge is 0.251 e. The van der Waals surface area contributed by atoms with E-state index < -0.39 is 10.0 Å². The van der Waals surface area contributed by atoms with Crippen molar-refractivity contribution in [1.82, 2.24) is 5.32 Å². The first-order valence-corrected chi connectivity index (χ1v) is 8.27.